The zero-order valence-corrected chi connectivity index (χ0v) is 13.7. The summed E-state index contributed by atoms with van der Waals surface area (Å²) in [6, 6.07) is 18.8. The van der Waals surface area contributed by atoms with E-state index in [0.717, 1.165) is 28.1 Å². The van der Waals surface area contributed by atoms with Crippen molar-refractivity contribution in [2.24, 2.45) is 7.05 Å². The van der Waals surface area contributed by atoms with E-state index in [-0.39, 0.29) is 0 Å². The molecule has 24 heavy (non-hydrogen) atoms. The number of pyridine rings is 1. The summed E-state index contributed by atoms with van der Waals surface area (Å²) in [6.07, 6.45) is 4.25. The maximum absolute atomic E-state index is 6.25. The number of para-hydroxylation sites is 1. The van der Waals surface area contributed by atoms with Crippen LogP contribution in [-0.4, -0.2) is 4.57 Å². The standard InChI is InChI=1S/C21H17N2O/c1-14-10-11-16-15-7-3-4-8-18(15)24-21(16)20(14)17-13-23-12-6-5-9-19(23)22(17)2/h3-13H,1-2H3/q+1. The highest BCUT2D eigenvalue weighted by Gasteiger charge is 2.22. The van der Waals surface area contributed by atoms with Crippen molar-refractivity contribution in [2.45, 2.75) is 6.92 Å². The van der Waals surface area contributed by atoms with E-state index in [1.54, 1.807) is 0 Å². The highest BCUT2D eigenvalue weighted by molar-refractivity contribution is 6.09. The van der Waals surface area contributed by atoms with Crippen LogP contribution in [-0.2, 0) is 7.05 Å². The van der Waals surface area contributed by atoms with Crippen LogP contribution in [0.1, 0.15) is 5.56 Å². The van der Waals surface area contributed by atoms with E-state index in [2.05, 4.69) is 71.7 Å². The summed E-state index contributed by atoms with van der Waals surface area (Å²) < 4.78 is 10.6. The zero-order valence-electron chi connectivity index (χ0n) is 13.7. The van der Waals surface area contributed by atoms with Gasteiger partial charge in [0.25, 0.3) is 5.65 Å². The number of hydrogen-bond donors (Lipinski definition) is 0. The summed E-state index contributed by atoms with van der Waals surface area (Å²) in [6.45, 7) is 2.14. The first-order chi connectivity index (χ1) is 11.7. The van der Waals surface area contributed by atoms with E-state index in [1.807, 2.05) is 18.2 Å². The Balaban J connectivity index is 1.94. The predicted molar refractivity (Wildman–Crippen MR) is 96.0 cm³/mol. The molecular weight excluding hydrogens is 296 g/mol. The maximum Gasteiger partial charge on any atom is 0.286 e. The zero-order chi connectivity index (χ0) is 16.3. The van der Waals surface area contributed by atoms with E-state index >= 15 is 0 Å². The van der Waals surface area contributed by atoms with Crippen molar-refractivity contribution in [2.75, 3.05) is 0 Å². The highest BCUT2D eigenvalue weighted by Crippen LogP contribution is 2.37. The molecule has 3 heterocycles. The molecule has 0 aliphatic carbocycles. The van der Waals surface area contributed by atoms with Gasteiger partial charge in [-0.3, -0.25) is 0 Å². The second-order valence-electron chi connectivity index (χ2n) is 6.27. The van der Waals surface area contributed by atoms with Gasteiger partial charge < -0.3 is 4.42 Å². The lowest BCUT2D eigenvalue weighted by Crippen LogP contribution is -2.17. The second kappa shape index (κ2) is 4.71. The number of furan rings is 1. The lowest BCUT2D eigenvalue weighted by Gasteiger charge is -2.03. The van der Waals surface area contributed by atoms with E-state index in [0.29, 0.717) is 0 Å². The summed E-state index contributed by atoms with van der Waals surface area (Å²) >= 11 is 0. The van der Waals surface area contributed by atoms with Crippen molar-refractivity contribution >= 4 is 27.6 Å². The van der Waals surface area contributed by atoms with Gasteiger partial charge in [-0.05, 0) is 24.6 Å². The Morgan fingerprint density at radius 1 is 0.917 bits per heavy atom. The fourth-order valence-electron chi connectivity index (χ4n) is 3.62. The largest absolute Gasteiger partial charge is 0.455 e. The van der Waals surface area contributed by atoms with Gasteiger partial charge in [0.1, 0.15) is 17.4 Å². The normalized spacial score (nSPS) is 11.8. The molecule has 0 aliphatic rings. The second-order valence-corrected chi connectivity index (χ2v) is 6.27. The van der Waals surface area contributed by atoms with E-state index in [1.165, 1.54) is 16.3 Å². The van der Waals surface area contributed by atoms with Gasteiger partial charge in [0.15, 0.2) is 5.69 Å². The minimum atomic E-state index is 0.936. The average molecular weight is 313 g/mol. The summed E-state index contributed by atoms with van der Waals surface area (Å²) in [4.78, 5) is 0. The number of rotatable bonds is 1. The molecular formula is C21H17N2O+. The van der Waals surface area contributed by atoms with Crippen LogP contribution in [0.4, 0.5) is 0 Å². The average Bonchev–Trinajstić information content (AvgIpc) is 3.13. The number of aromatic nitrogens is 2. The van der Waals surface area contributed by atoms with Crippen LogP contribution < -0.4 is 4.40 Å². The Hall–Kier alpha value is -3.07. The molecule has 0 aliphatic heterocycles. The van der Waals surface area contributed by atoms with Crippen LogP contribution in [0.15, 0.2) is 71.4 Å². The first-order valence-electron chi connectivity index (χ1n) is 8.11. The monoisotopic (exact) mass is 313 g/mol. The molecule has 5 aromatic rings. The molecule has 2 aromatic carbocycles. The Labute approximate surface area is 139 Å². The molecule has 3 heteroatoms. The third-order valence-corrected chi connectivity index (χ3v) is 4.85. The van der Waals surface area contributed by atoms with Crippen molar-refractivity contribution in [1.82, 2.24) is 4.57 Å². The van der Waals surface area contributed by atoms with Crippen LogP contribution in [0, 0.1) is 6.92 Å². The summed E-state index contributed by atoms with van der Waals surface area (Å²) in [7, 11) is 2.10. The Morgan fingerprint density at radius 2 is 1.75 bits per heavy atom. The van der Waals surface area contributed by atoms with Crippen molar-refractivity contribution in [3.05, 3.63) is 72.6 Å². The van der Waals surface area contributed by atoms with Crippen LogP contribution in [0.3, 0.4) is 0 Å². The quantitative estimate of drug-likeness (QED) is 0.413. The van der Waals surface area contributed by atoms with Gasteiger partial charge in [-0.15, -0.1) is 0 Å². The van der Waals surface area contributed by atoms with Gasteiger partial charge in [0.05, 0.1) is 18.8 Å². The number of fused-ring (bicyclic) bond motifs is 4. The van der Waals surface area contributed by atoms with Gasteiger partial charge in [0, 0.05) is 16.8 Å². The van der Waals surface area contributed by atoms with Crippen molar-refractivity contribution in [3.63, 3.8) is 0 Å². The molecule has 0 spiro atoms. The maximum atomic E-state index is 6.25. The lowest BCUT2D eigenvalue weighted by atomic mass is 10.0. The topological polar surface area (TPSA) is 22.2 Å². The summed E-state index contributed by atoms with van der Waals surface area (Å²) in [5, 5.41) is 2.33. The predicted octanol–water partition coefficient (Wildman–Crippen LogP) is 4.64. The number of benzene rings is 2. The van der Waals surface area contributed by atoms with Crippen molar-refractivity contribution in [1.29, 1.82) is 0 Å². The molecule has 0 radical (unpaired) electrons. The van der Waals surface area contributed by atoms with Gasteiger partial charge in [-0.1, -0.05) is 36.4 Å². The fraction of sp³-hybridized carbons (Fsp3) is 0.0952. The van der Waals surface area contributed by atoms with Crippen LogP contribution >= 0.6 is 0 Å². The Morgan fingerprint density at radius 3 is 2.62 bits per heavy atom. The molecule has 0 unspecified atom stereocenters. The molecule has 0 N–H and O–H groups in total. The fourth-order valence-corrected chi connectivity index (χ4v) is 3.62. The number of hydrogen-bond acceptors (Lipinski definition) is 1. The molecule has 0 atom stereocenters. The van der Waals surface area contributed by atoms with Gasteiger partial charge in [-0.25, -0.2) is 8.97 Å². The minimum Gasteiger partial charge on any atom is -0.455 e. The third-order valence-electron chi connectivity index (χ3n) is 4.85. The van der Waals surface area contributed by atoms with Crippen LogP contribution in [0.2, 0.25) is 0 Å². The van der Waals surface area contributed by atoms with Crippen LogP contribution in [0.25, 0.3) is 38.8 Å². The molecule has 0 saturated carbocycles. The SMILES string of the molecule is Cc1ccc2c(oc3ccccc32)c1-c1c[n+]2ccccc2n1C. The van der Waals surface area contributed by atoms with Crippen molar-refractivity contribution < 1.29 is 8.82 Å². The molecule has 0 fully saturated rings. The first-order valence-corrected chi connectivity index (χ1v) is 8.11. The van der Waals surface area contributed by atoms with Crippen LogP contribution in [0.5, 0.6) is 0 Å². The van der Waals surface area contributed by atoms with Crippen molar-refractivity contribution in [3.8, 4) is 11.3 Å². The Kier molecular flexibility index (Phi) is 2.63. The first kappa shape index (κ1) is 13.4. The van der Waals surface area contributed by atoms with E-state index < -0.39 is 0 Å². The number of imidazole rings is 1. The van der Waals surface area contributed by atoms with E-state index in [9.17, 15) is 0 Å². The Bertz CT molecular complexity index is 1230. The summed E-state index contributed by atoms with van der Waals surface area (Å²) in [5.41, 5.74) is 6.58. The molecule has 0 bridgehead atoms. The molecule has 116 valence electrons. The lowest BCUT2D eigenvalue weighted by molar-refractivity contribution is -0.510. The molecule has 0 saturated heterocycles. The van der Waals surface area contributed by atoms with Gasteiger partial charge >= 0.3 is 0 Å². The molecule has 3 nitrogen and oxygen atoms in total. The minimum absolute atomic E-state index is 0.936. The number of aryl methyl sites for hydroxylation is 2. The van der Waals surface area contributed by atoms with Gasteiger partial charge in [-0.2, -0.15) is 0 Å². The molecule has 0 amide bonds. The smallest absolute Gasteiger partial charge is 0.286 e. The van der Waals surface area contributed by atoms with Gasteiger partial charge in [0.2, 0.25) is 0 Å². The molecule has 3 aromatic heterocycles. The number of nitrogens with zero attached hydrogens (tertiary/aromatic N) is 2. The highest BCUT2D eigenvalue weighted by atomic mass is 16.3. The summed E-state index contributed by atoms with van der Waals surface area (Å²) in [5.74, 6) is 0. The van der Waals surface area contributed by atoms with E-state index in [4.69, 9.17) is 4.42 Å². The molecule has 5 rings (SSSR count). The third kappa shape index (κ3) is 1.69.